The van der Waals surface area contributed by atoms with Gasteiger partial charge in [0, 0.05) is 58.0 Å². The van der Waals surface area contributed by atoms with Crippen molar-refractivity contribution in [2.24, 2.45) is 0 Å². The van der Waals surface area contributed by atoms with Gasteiger partial charge >= 0.3 is 11.9 Å². The Hall–Kier alpha value is -2.83. The summed E-state index contributed by atoms with van der Waals surface area (Å²) < 4.78 is 12.5. The SMILES string of the molecule is CCCCCC(OC(=O)CCCC(=O)OCC[N+](C)(C)C)C(O)C/C=C\CCCCCCCC(=O)NCCCCCCCCCCCCNC(=O)CCCC(=O)CCC[N+](C)(C)C. The van der Waals surface area contributed by atoms with Gasteiger partial charge in [-0.15, -0.1) is 0 Å². The average Bonchev–Trinajstić information content (AvgIpc) is 3.20. The van der Waals surface area contributed by atoms with Gasteiger partial charge in [0.25, 0.3) is 0 Å². The van der Waals surface area contributed by atoms with Crippen LogP contribution in [0.3, 0.4) is 0 Å². The molecule has 3 N–H and O–H groups in total. The van der Waals surface area contributed by atoms with E-state index in [4.69, 9.17) is 9.47 Å². The van der Waals surface area contributed by atoms with Crippen LogP contribution in [-0.4, -0.2) is 131 Å². The van der Waals surface area contributed by atoms with E-state index in [0.717, 1.165) is 121 Å². The molecule has 0 fully saturated rings. The molecule has 0 aliphatic rings. The maximum absolute atomic E-state index is 12.5. The summed E-state index contributed by atoms with van der Waals surface area (Å²) in [6.07, 6.45) is 29.2. The Morgan fingerprint density at radius 2 is 1.02 bits per heavy atom. The Kier molecular flexibility index (Phi) is 37.8. The minimum Gasteiger partial charge on any atom is -0.460 e. The molecule has 2 amide bonds. The van der Waals surface area contributed by atoms with Crippen LogP contribution < -0.4 is 10.6 Å². The van der Waals surface area contributed by atoms with Crippen molar-refractivity contribution in [3.63, 3.8) is 0 Å². The van der Waals surface area contributed by atoms with E-state index in [1.165, 1.54) is 38.5 Å². The lowest BCUT2D eigenvalue weighted by Crippen LogP contribution is -2.38. The highest BCUT2D eigenvalue weighted by Crippen LogP contribution is 2.17. The number of ether oxygens (including phenoxy) is 2. The van der Waals surface area contributed by atoms with Crippen LogP contribution in [0.1, 0.15) is 200 Å². The molecule has 0 aliphatic carbocycles. The minimum atomic E-state index is -0.754. The number of aliphatic hydroxyl groups is 1. The van der Waals surface area contributed by atoms with Crippen molar-refractivity contribution in [1.29, 1.82) is 0 Å². The molecule has 0 aromatic rings. The molecule has 0 aromatic carbocycles. The third-order valence-electron chi connectivity index (χ3n) is 11.3. The number of ketones is 1. The molecule has 0 rings (SSSR count). The van der Waals surface area contributed by atoms with Crippen molar-refractivity contribution in [1.82, 2.24) is 10.6 Å². The van der Waals surface area contributed by atoms with E-state index in [9.17, 15) is 29.1 Å². The van der Waals surface area contributed by atoms with Crippen molar-refractivity contribution >= 4 is 29.5 Å². The molecule has 12 heteroatoms. The zero-order valence-electron chi connectivity index (χ0n) is 41.8. The van der Waals surface area contributed by atoms with E-state index in [1.54, 1.807) is 0 Å². The highest BCUT2D eigenvalue weighted by Gasteiger charge is 2.22. The third-order valence-corrected chi connectivity index (χ3v) is 11.3. The first kappa shape index (κ1) is 60.2. The fourth-order valence-corrected chi connectivity index (χ4v) is 7.24. The van der Waals surface area contributed by atoms with Crippen LogP contribution in [0.4, 0.5) is 0 Å². The van der Waals surface area contributed by atoms with Gasteiger partial charge in [-0.05, 0) is 64.2 Å². The maximum atomic E-state index is 12.5. The summed E-state index contributed by atoms with van der Waals surface area (Å²) in [6.45, 7) is 5.69. The number of hydrogen-bond donors (Lipinski definition) is 3. The van der Waals surface area contributed by atoms with E-state index in [0.29, 0.717) is 62.5 Å². The standard InChI is InChI=1S/C51H96N4O8/c1-8-9-24-35-47(63-51(61)39-30-38-50(60)62-44-43-55(5,6)7)46(57)34-25-20-16-12-13-17-21-26-36-48(58)52-40-27-22-18-14-10-11-15-19-23-28-41-53-49(59)37-29-32-45(56)33-31-42-54(2,3)4/h20,25,46-47,57H,8-19,21-24,26-44H2,1-7H3/p+2/b25-20-. The monoisotopic (exact) mass is 895 g/mol. The zero-order chi connectivity index (χ0) is 47.0. The Balaban J connectivity index is 3.77. The molecule has 0 aliphatic heterocycles. The molecule has 63 heavy (non-hydrogen) atoms. The molecule has 0 saturated carbocycles. The second-order valence-electron chi connectivity index (χ2n) is 19.9. The number of amides is 2. The van der Waals surface area contributed by atoms with Gasteiger partial charge in [-0.1, -0.05) is 103 Å². The third kappa shape index (κ3) is 44.2. The van der Waals surface area contributed by atoms with E-state index < -0.39 is 12.2 Å². The number of unbranched alkanes of at least 4 members (excludes halogenated alkanes) is 16. The first-order valence-electron chi connectivity index (χ1n) is 25.4. The molecule has 12 nitrogen and oxygen atoms in total. The lowest BCUT2D eigenvalue weighted by molar-refractivity contribution is -0.870. The largest absolute Gasteiger partial charge is 0.460 e. The quantitative estimate of drug-likeness (QED) is 0.0237. The van der Waals surface area contributed by atoms with E-state index in [1.807, 2.05) is 27.2 Å². The van der Waals surface area contributed by atoms with E-state index in [2.05, 4.69) is 44.8 Å². The molecule has 2 atom stereocenters. The molecule has 0 bridgehead atoms. The predicted molar refractivity (Wildman–Crippen MR) is 257 cm³/mol. The minimum absolute atomic E-state index is 0.0668. The topological polar surface area (TPSA) is 148 Å². The second kappa shape index (κ2) is 39.5. The molecular formula is C51H98N4O8+2. The lowest BCUT2D eigenvalue weighted by Gasteiger charge is -2.23. The molecule has 2 unspecified atom stereocenters. The number of Topliss-reactive ketones (excluding diaryl/α,β-unsaturated/α-hetero) is 1. The fraction of sp³-hybridized carbons (Fsp3) is 0.863. The molecule has 368 valence electrons. The first-order chi connectivity index (χ1) is 30.0. The zero-order valence-corrected chi connectivity index (χ0v) is 41.8. The first-order valence-corrected chi connectivity index (χ1v) is 25.4. The van der Waals surface area contributed by atoms with E-state index in [-0.39, 0.29) is 42.4 Å². The van der Waals surface area contributed by atoms with Crippen LogP contribution in [0.25, 0.3) is 0 Å². The molecular weight excluding hydrogens is 797 g/mol. The van der Waals surface area contributed by atoms with Crippen LogP contribution in [0.2, 0.25) is 0 Å². The van der Waals surface area contributed by atoms with Crippen LogP contribution in [-0.2, 0) is 33.4 Å². The summed E-state index contributed by atoms with van der Waals surface area (Å²) in [5.74, 6) is -0.181. The van der Waals surface area contributed by atoms with Crippen LogP contribution in [0.5, 0.6) is 0 Å². The summed E-state index contributed by atoms with van der Waals surface area (Å²) in [4.78, 5) is 60.8. The number of quaternary nitrogens is 2. The number of carbonyl (C=O) groups is 5. The number of carbonyl (C=O) groups excluding carboxylic acids is 5. The predicted octanol–water partition coefficient (Wildman–Crippen LogP) is 9.30. The molecule has 0 saturated heterocycles. The van der Waals surface area contributed by atoms with E-state index >= 15 is 0 Å². The molecule has 0 aromatic heterocycles. The van der Waals surface area contributed by atoms with Gasteiger partial charge in [0.05, 0.1) is 54.9 Å². The Morgan fingerprint density at radius 3 is 1.59 bits per heavy atom. The van der Waals surface area contributed by atoms with Crippen LogP contribution in [0, 0.1) is 0 Å². The molecule has 0 spiro atoms. The van der Waals surface area contributed by atoms with Gasteiger partial charge < -0.3 is 34.2 Å². The smallest absolute Gasteiger partial charge is 0.306 e. The summed E-state index contributed by atoms with van der Waals surface area (Å²) in [6, 6.07) is 0. The van der Waals surface area contributed by atoms with Crippen LogP contribution >= 0.6 is 0 Å². The molecule has 0 heterocycles. The van der Waals surface area contributed by atoms with Crippen molar-refractivity contribution < 1.29 is 47.5 Å². The van der Waals surface area contributed by atoms with Crippen molar-refractivity contribution in [3.05, 3.63) is 12.2 Å². The van der Waals surface area contributed by atoms with Gasteiger partial charge in [-0.25, -0.2) is 0 Å². The number of likely N-dealkylation sites (N-methyl/N-ethyl adjacent to an activating group) is 1. The fourth-order valence-electron chi connectivity index (χ4n) is 7.24. The Morgan fingerprint density at radius 1 is 0.524 bits per heavy atom. The summed E-state index contributed by atoms with van der Waals surface area (Å²) in [5, 5.41) is 16.9. The van der Waals surface area contributed by atoms with Gasteiger partial charge in [0.15, 0.2) is 0 Å². The highest BCUT2D eigenvalue weighted by molar-refractivity contribution is 5.80. The van der Waals surface area contributed by atoms with Gasteiger partial charge in [0.1, 0.15) is 25.0 Å². The Labute approximate surface area is 385 Å². The van der Waals surface area contributed by atoms with Gasteiger partial charge in [0.2, 0.25) is 11.8 Å². The number of rotatable bonds is 44. The summed E-state index contributed by atoms with van der Waals surface area (Å²) in [7, 11) is 12.5. The second-order valence-corrected chi connectivity index (χ2v) is 19.9. The van der Waals surface area contributed by atoms with Gasteiger partial charge in [-0.3, -0.25) is 24.0 Å². The molecule has 0 radical (unpaired) electrons. The van der Waals surface area contributed by atoms with Crippen molar-refractivity contribution in [2.75, 3.05) is 75.1 Å². The maximum Gasteiger partial charge on any atom is 0.306 e. The lowest BCUT2D eigenvalue weighted by atomic mass is 10.0. The van der Waals surface area contributed by atoms with Crippen molar-refractivity contribution in [2.45, 2.75) is 212 Å². The Bertz CT molecular complexity index is 1210. The number of nitrogens with zero attached hydrogens (tertiary/aromatic N) is 2. The summed E-state index contributed by atoms with van der Waals surface area (Å²) in [5.41, 5.74) is 0. The number of hydrogen-bond acceptors (Lipinski definition) is 8. The average molecular weight is 895 g/mol. The van der Waals surface area contributed by atoms with Gasteiger partial charge in [-0.2, -0.15) is 0 Å². The number of nitrogens with one attached hydrogen (secondary N) is 2. The highest BCUT2D eigenvalue weighted by atomic mass is 16.6. The number of allylic oxidation sites excluding steroid dienone is 1. The van der Waals surface area contributed by atoms with Crippen LogP contribution in [0.15, 0.2) is 12.2 Å². The number of aliphatic hydroxyl groups excluding tert-OH is 1. The summed E-state index contributed by atoms with van der Waals surface area (Å²) >= 11 is 0. The normalized spacial score (nSPS) is 12.9. The number of esters is 2. The van der Waals surface area contributed by atoms with Crippen molar-refractivity contribution in [3.8, 4) is 0 Å².